The largest absolute Gasteiger partial charge is 0.510 e. The smallest absolute Gasteiger partial charge is 0.418 e. The predicted octanol–water partition coefficient (Wildman–Crippen LogP) is 2.06. The Morgan fingerprint density at radius 3 is 2.48 bits per heavy atom. The van der Waals surface area contributed by atoms with E-state index < -0.39 is 69.7 Å². The zero-order chi connectivity index (χ0) is 29.5. The molecule has 1 fully saturated rings. The zero-order valence-electron chi connectivity index (χ0n) is 22.1. The summed E-state index contributed by atoms with van der Waals surface area (Å²) >= 11 is 0. The summed E-state index contributed by atoms with van der Waals surface area (Å²) < 4.78 is 6.81. The molecule has 0 aliphatic heterocycles. The van der Waals surface area contributed by atoms with Crippen LogP contribution in [0, 0.1) is 17.2 Å². The Balaban J connectivity index is 1.66. The lowest BCUT2D eigenvalue weighted by Gasteiger charge is -2.49. The Labute approximate surface area is 228 Å². The van der Waals surface area contributed by atoms with E-state index in [1.807, 2.05) is 0 Å². The summed E-state index contributed by atoms with van der Waals surface area (Å²) in [6.45, 7) is 5.20. The number of nitrogens with zero attached hydrogens (tertiary/aromatic N) is 1. The summed E-state index contributed by atoms with van der Waals surface area (Å²) in [7, 11) is 0. The van der Waals surface area contributed by atoms with Gasteiger partial charge in [-0.25, -0.2) is 4.79 Å². The van der Waals surface area contributed by atoms with Gasteiger partial charge in [-0.15, -0.1) is 0 Å². The number of aliphatic hydroxyl groups is 3. The second-order valence-electron chi connectivity index (χ2n) is 11.4. The highest BCUT2D eigenvalue weighted by Crippen LogP contribution is 2.52. The van der Waals surface area contributed by atoms with Crippen LogP contribution in [0.5, 0.6) is 5.75 Å². The first-order valence-electron chi connectivity index (χ1n) is 12.6. The number of ether oxygens (including phenoxy) is 1. The lowest BCUT2D eigenvalue weighted by molar-refractivity contribution is -0.136. The topological polar surface area (TPSA) is 222 Å². The quantitative estimate of drug-likeness (QED) is 0.290. The molecule has 1 aromatic carbocycles. The number of nitrogens with one attached hydrogen (secondary N) is 1. The number of fused-ring (bicyclic) bond motifs is 3. The number of aromatic hydroxyl groups is 1. The van der Waals surface area contributed by atoms with Crippen LogP contribution in [-0.4, -0.2) is 65.7 Å². The third-order valence-corrected chi connectivity index (χ3v) is 7.81. The molecule has 0 unspecified atom stereocenters. The number of amides is 1. The van der Waals surface area contributed by atoms with Crippen LogP contribution in [0.4, 0.5) is 4.79 Å². The lowest BCUT2D eigenvalue weighted by atomic mass is 9.57. The standard InChI is InChI=1S/C28H30N4O8/c1-27(2,3)40-26(38)32-8-4-5-15(32)12-6-7-16(33)18-13(12)9-11-10-14-20(29)22(35)19(25(31)37)23(30)28(14,39)24(36)17(11)21(18)34/h4-8,11,14,20,30,33-35,39H,9-10,29H2,1-3H3,(H2,31,37)/t11-,14-,20+,28+/m0/s1. The van der Waals surface area contributed by atoms with Crippen LogP contribution in [0.3, 0.4) is 0 Å². The van der Waals surface area contributed by atoms with E-state index in [1.165, 1.54) is 16.8 Å². The first kappa shape index (κ1) is 27.2. The van der Waals surface area contributed by atoms with Gasteiger partial charge in [0.2, 0.25) is 5.78 Å². The monoisotopic (exact) mass is 550 g/mol. The molecule has 12 heteroatoms. The van der Waals surface area contributed by atoms with E-state index in [0.29, 0.717) is 16.8 Å². The summed E-state index contributed by atoms with van der Waals surface area (Å²) in [6, 6.07) is 4.82. The van der Waals surface area contributed by atoms with Crippen molar-refractivity contribution in [3.05, 3.63) is 58.5 Å². The number of aromatic nitrogens is 1. The van der Waals surface area contributed by atoms with Crippen molar-refractivity contribution >= 4 is 29.3 Å². The van der Waals surface area contributed by atoms with Crippen molar-refractivity contribution in [3.63, 3.8) is 0 Å². The first-order chi connectivity index (χ1) is 18.6. The van der Waals surface area contributed by atoms with E-state index in [4.69, 9.17) is 21.6 Å². The van der Waals surface area contributed by atoms with E-state index in [2.05, 4.69) is 0 Å². The van der Waals surface area contributed by atoms with Crippen LogP contribution in [0.25, 0.3) is 17.0 Å². The van der Waals surface area contributed by atoms with Crippen LogP contribution in [0.15, 0.2) is 47.4 Å². The van der Waals surface area contributed by atoms with Gasteiger partial charge >= 0.3 is 6.09 Å². The van der Waals surface area contributed by atoms with Gasteiger partial charge in [0.15, 0.2) is 5.60 Å². The Bertz CT molecular complexity index is 1580. The highest BCUT2D eigenvalue weighted by Gasteiger charge is 2.62. The SMILES string of the molecule is CC(C)(C)OC(=O)n1cccc1-c1ccc(O)c2c1C[C@H]1C[C@H]3[C@@H](N)C(O)=C(C(N)=O)C(=N)[C@@]3(O)C(=O)C1=C2O. The number of Topliss-reactive ketones (excluding diaryl/α,β-unsaturated/α-hetero) is 1. The van der Waals surface area contributed by atoms with E-state index in [0.717, 1.165) is 0 Å². The molecule has 12 nitrogen and oxygen atoms in total. The lowest BCUT2D eigenvalue weighted by Crippen LogP contribution is -2.66. The Kier molecular flexibility index (Phi) is 5.97. The molecule has 1 heterocycles. The van der Waals surface area contributed by atoms with Gasteiger partial charge in [-0.05, 0) is 69.4 Å². The van der Waals surface area contributed by atoms with Gasteiger partial charge in [-0.2, -0.15) is 0 Å². The van der Waals surface area contributed by atoms with E-state index in [1.54, 1.807) is 39.0 Å². The molecule has 9 N–H and O–H groups in total. The molecule has 0 saturated heterocycles. The molecular weight excluding hydrogens is 520 g/mol. The Morgan fingerprint density at radius 2 is 1.85 bits per heavy atom. The van der Waals surface area contributed by atoms with Crippen molar-refractivity contribution in [2.24, 2.45) is 23.3 Å². The molecule has 1 amide bonds. The molecular formula is C28H30N4O8. The molecule has 1 aromatic heterocycles. The van der Waals surface area contributed by atoms with Crippen LogP contribution in [0.2, 0.25) is 0 Å². The molecule has 3 aliphatic carbocycles. The molecule has 0 spiro atoms. The van der Waals surface area contributed by atoms with Gasteiger partial charge in [-0.1, -0.05) is 0 Å². The average Bonchev–Trinajstić information content (AvgIpc) is 3.33. The summed E-state index contributed by atoms with van der Waals surface area (Å²) in [5.41, 5.74) is 7.48. The fourth-order valence-corrected chi connectivity index (χ4v) is 6.07. The zero-order valence-corrected chi connectivity index (χ0v) is 22.1. The minimum atomic E-state index is -2.63. The van der Waals surface area contributed by atoms with Crippen molar-refractivity contribution in [2.45, 2.75) is 50.9 Å². The Morgan fingerprint density at radius 1 is 1.18 bits per heavy atom. The third kappa shape index (κ3) is 3.74. The van der Waals surface area contributed by atoms with Gasteiger partial charge in [0, 0.05) is 23.3 Å². The minimum Gasteiger partial charge on any atom is -0.510 e. The van der Waals surface area contributed by atoms with Crippen LogP contribution < -0.4 is 11.5 Å². The Hall–Kier alpha value is -4.42. The highest BCUT2D eigenvalue weighted by molar-refractivity contribution is 6.34. The number of hydrogen-bond donors (Lipinski definition) is 7. The van der Waals surface area contributed by atoms with E-state index >= 15 is 0 Å². The van der Waals surface area contributed by atoms with Crippen LogP contribution in [-0.2, 0) is 20.7 Å². The normalized spacial score (nSPS) is 26.3. The maximum Gasteiger partial charge on any atom is 0.418 e. The molecule has 0 radical (unpaired) electrons. The number of ketones is 1. The molecule has 1 saturated carbocycles. The number of carbonyl (C=O) groups excluding carboxylic acids is 3. The summed E-state index contributed by atoms with van der Waals surface area (Å²) in [5, 5.41) is 52.6. The molecule has 0 bridgehead atoms. The van der Waals surface area contributed by atoms with Crippen LogP contribution in [0.1, 0.15) is 38.3 Å². The second kappa shape index (κ2) is 8.80. The average molecular weight is 551 g/mol. The van der Waals surface area contributed by atoms with Gasteiger partial charge in [-0.3, -0.25) is 14.2 Å². The van der Waals surface area contributed by atoms with Crippen molar-refractivity contribution in [2.75, 3.05) is 0 Å². The minimum absolute atomic E-state index is 0.0527. The van der Waals surface area contributed by atoms with E-state index in [-0.39, 0.29) is 29.7 Å². The maximum atomic E-state index is 13.8. The number of phenols is 1. The fraction of sp³-hybridized carbons (Fsp3) is 0.357. The number of rotatable bonds is 2. The number of carbonyl (C=O) groups is 3. The highest BCUT2D eigenvalue weighted by atomic mass is 16.6. The summed E-state index contributed by atoms with van der Waals surface area (Å²) in [6.07, 6.45) is 0.920. The van der Waals surface area contributed by atoms with Gasteiger partial charge in [0.1, 0.15) is 28.4 Å². The van der Waals surface area contributed by atoms with Crippen LogP contribution >= 0.6 is 0 Å². The molecule has 210 valence electrons. The molecule has 2 aromatic rings. The van der Waals surface area contributed by atoms with Gasteiger partial charge < -0.3 is 42.0 Å². The molecule has 4 atom stereocenters. The van der Waals surface area contributed by atoms with Crippen molar-refractivity contribution in [1.29, 1.82) is 5.41 Å². The number of hydrogen-bond acceptors (Lipinski definition) is 10. The van der Waals surface area contributed by atoms with Crippen molar-refractivity contribution < 1.29 is 39.5 Å². The number of primary amides is 1. The van der Waals surface area contributed by atoms with Crippen molar-refractivity contribution in [1.82, 2.24) is 4.57 Å². The van der Waals surface area contributed by atoms with Gasteiger partial charge in [0.25, 0.3) is 5.91 Å². The molecule has 5 rings (SSSR count). The van der Waals surface area contributed by atoms with E-state index in [9.17, 15) is 34.8 Å². The third-order valence-electron chi connectivity index (χ3n) is 7.81. The number of aliphatic hydroxyl groups excluding tert-OH is 2. The maximum absolute atomic E-state index is 13.8. The second-order valence-corrected chi connectivity index (χ2v) is 11.4. The summed E-state index contributed by atoms with van der Waals surface area (Å²) in [4.78, 5) is 38.7. The predicted molar refractivity (Wildman–Crippen MR) is 143 cm³/mol. The number of nitrogens with two attached hydrogens (primary N) is 2. The first-order valence-corrected chi connectivity index (χ1v) is 12.6. The molecule has 3 aliphatic rings. The van der Waals surface area contributed by atoms with Crippen molar-refractivity contribution in [3.8, 4) is 17.0 Å². The summed E-state index contributed by atoms with van der Waals surface area (Å²) in [5.74, 6) is -5.87. The molecule has 40 heavy (non-hydrogen) atoms. The number of benzene rings is 1. The fourth-order valence-electron chi connectivity index (χ4n) is 6.07. The van der Waals surface area contributed by atoms with Gasteiger partial charge in [0.05, 0.1) is 23.0 Å². The number of phenolic OH excluding ortho intramolecular Hbond substituents is 1.